The zero-order chi connectivity index (χ0) is 37.6. The number of amides is 2. The third kappa shape index (κ3) is 6.99. The Morgan fingerprint density at radius 2 is 1.81 bits per heavy atom. The molecule has 0 aliphatic carbocycles. The SMILES string of the molecule is Cc1cc(C(=O)N2Cc3c(C(=O)NCc4ccccc4-c4ncccn4)n(-c4ccc5nn(C[C@H](O)C(F)(F)F)cc5c4)c(=O)n3C[C@H]2C)ccc1Br. The molecule has 0 radical (unpaired) electrons. The largest absolute Gasteiger partial charge is 0.416 e. The van der Waals surface area contributed by atoms with Crippen molar-refractivity contribution in [2.45, 2.75) is 58.3 Å². The number of hydrogen-bond acceptors (Lipinski definition) is 7. The van der Waals surface area contributed by atoms with Gasteiger partial charge in [-0.25, -0.2) is 14.8 Å². The molecule has 0 bridgehead atoms. The van der Waals surface area contributed by atoms with Gasteiger partial charge in [-0.2, -0.15) is 18.3 Å². The summed E-state index contributed by atoms with van der Waals surface area (Å²) in [5.74, 6) is -0.388. The molecule has 2 amide bonds. The van der Waals surface area contributed by atoms with Gasteiger partial charge in [0.1, 0.15) is 5.69 Å². The van der Waals surface area contributed by atoms with Crippen LogP contribution in [0.2, 0.25) is 0 Å². The number of alkyl halides is 3. The van der Waals surface area contributed by atoms with E-state index in [2.05, 4.69) is 36.3 Å². The number of benzene rings is 3. The Labute approximate surface area is 308 Å². The lowest BCUT2D eigenvalue weighted by Crippen LogP contribution is -2.47. The Morgan fingerprint density at radius 1 is 1.06 bits per heavy atom. The van der Waals surface area contributed by atoms with Crippen LogP contribution in [-0.4, -0.2) is 69.0 Å². The smallest absolute Gasteiger partial charge is 0.382 e. The van der Waals surface area contributed by atoms with Crippen molar-refractivity contribution >= 4 is 38.6 Å². The molecule has 2 N–H and O–H groups in total. The first-order valence-electron chi connectivity index (χ1n) is 16.6. The number of nitrogens with zero attached hydrogens (tertiary/aromatic N) is 7. The average Bonchev–Trinajstić information content (AvgIpc) is 3.67. The number of imidazole rings is 1. The Kier molecular flexibility index (Phi) is 9.50. The second-order valence-corrected chi connectivity index (χ2v) is 13.7. The number of aliphatic hydroxyl groups is 1. The number of nitrogens with one attached hydrogen (secondary N) is 1. The van der Waals surface area contributed by atoms with Gasteiger partial charge in [0, 0.05) is 58.7 Å². The summed E-state index contributed by atoms with van der Waals surface area (Å²) in [6.07, 6.45) is -2.89. The molecule has 0 saturated carbocycles. The van der Waals surface area contributed by atoms with E-state index in [0.717, 1.165) is 20.3 Å². The minimum Gasteiger partial charge on any atom is -0.382 e. The van der Waals surface area contributed by atoms with E-state index in [1.165, 1.54) is 21.4 Å². The van der Waals surface area contributed by atoms with Gasteiger partial charge in [-0.1, -0.05) is 40.2 Å². The molecule has 2 atom stereocenters. The number of fused-ring (bicyclic) bond motifs is 2. The van der Waals surface area contributed by atoms with Gasteiger partial charge >= 0.3 is 11.9 Å². The van der Waals surface area contributed by atoms with Gasteiger partial charge in [0.25, 0.3) is 11.8 Å². The predicted molar refractivity (Wildman–Crippen MR) is 192 cm³/mol. The van der Waals surface area contributed by atoms with Crippen LogP contribution in [-0.2, 0) is 26.2 Å². The molecule has 4 heterocycles. The summed E-state index contributed by atoms with van der Waals surface area (Å²) in [6, 6.07) is 18.5. The summed E-state index contributed by atoms with van der Waals surface area (Å²) in [5.41, 5.74) is 3.13. The number of hydrogen-bond donors (Lipinski definition) is 2. The first kappa shape index (κ1) is 35.8. The van der Waals surface area contributed by atoms with Crippen LogP contribution in [0.4, 0.5) is 13.2 Å². The van der Waals surface area contributed by atoms with Gasteiger partial charge in [0.2, 0.25) is 0 Å². The molecule has 272 valence electrons. The fourth-order valence-electron chi connectivity index (χ4n) is 6.47. The molecule has 7 rings (SSSR count). The Balaban J connectivity index is 1.29. The van der Waals surface area contributed by atoms with E-state index in [9.17, 15) is 32.7 Å². The van der Waals surface area contributed by atoms with Gasteiger partial charge in [-0.3, -0.25) is 23.4 Å². The van der Waals surface area contributed by atoms with Gasteiger partial charge in [0.05, 0.1) is 30.0 Å². The zero-order valence-electron chi connectivity index (χ0n) is 28.4. The molecular formula is C37H32BrF3N8O4. The molecule has 16 heteroatoms. The Hall–Kier alpha value is -5.61. The van der Waals surface area contributed by atoms with Crippen LogP contribution in [0.1, 0.15) is 44.6 Å². The van der Waals surface area contributed by atoms with Crippen LogP contribution in [0.3, 0.4) is 0 Å². The second kappa shape index (κ2) is 14.1. The van der Waals surface area contributed by atoms with Gasteiger partial charge in [-0.15, -0.1) is 0 Å². The van der Waals surface area contributed by atoms with E-state index in [1.807, 2.05) is 38.1 Å². The molecule has 12 nitrogen and oxygen atoms in total. The monoisotopic (exact) mass is 788 g/mol. The maximum absolute atomic E-state index is 14.4. The van der Waals surface area contributed by atoms with Crippen molar-refractivity contribution in [1.29, 1.82) is 0 Å². The molecule has 3 aromatic heterocycles. The van der Waals surface area contributed by atoms with Gasteiger partial charge < -0.3 is 15.3 Å². The second-order valence-electron chi connectivity index (χ2n) is 12.8. The van der Waals surface area contributed by atoms with Crippen LogP contribution in [0.15, 0.2) is 94.6 Å². The number of carbonyl (C=O) groups is 2. The molecule has 0 spiro atoms. The van der Waals surface area contributed by atoms with Gasteiger partial charge in [0.15, 0.2) is 11.9 Å². The summed E-state index contributed by atoms with van der Waals surface area (Å²) < 4.78 is 43.8. The van der Waals surface area contributed by atoms with Crippen LogP contribution < -0.4 is 11.0 Å². The predicted octanol–water partition coefficient (Wildman–Crippen LogP) is 5.41. The highest BCUT2D eigenvalue weighted by atomic mass is 79.9. The van der Waals surface area contributed by atoms with Crippen LogP contribution in [0.5, 0.6) is 0 Å². The van der Waals surface area contributed by atoms with E-state index in [-0.39, 0.29) is 36.9 Å². The average molecular weight is 790 g/mol. The van der Waals surface area contributed by atoms with Crippen LogP contribution >= 0.6 is 15.9 Å². The van der Waals surface area contributed by atoms with Crippen molar-refractivity contribution in [3.63, 3.8) is 0 Å². The topological polar surface area (TPSA) is 140 Å². The third-order valence-electron chi connectivity index (χ3n) is 9.22. The fourth-order valence-corrected chi connectivity index (χ4v) is 6.72. The number of aryl methyl sites for hydroxylation is 1. The van der Waals surface area contributed by atoms with Crippen molar-refractivity contribution in [2.75, 3.05) is 0 Å². The Morgan fingerprint density at radius 3 is 2.55 bits per heavy atom. The molecule has 0 unspecified atom stereocenters. The van der Waals surface area contributed by atoms with Crippen molar-refractivity contribution in [3.8, 4) is 17.1 Å². The standard InChI is InChI=1S/C37H32BrF3N8O4/c1-21-14-23(8-10-28(21)38)35(52)47-19-30-32(34(51)44-16-24-6-3-4-7-27(24)33-42-12-5-13-43-33)49(36(53)48(30)17-22(47)2)26-9-11-29-25(15-26)18-46(45-29)20-31(50)37(39,40)41/h3-15,18,22,31,50H,16-17,19-20H2,1-2H3,(H,44,51)/t22-,31+/m1/s1. The summed E-state index contributed by atoms with van der Waals surface area (Å²) in [5, 5.41) is 17.1. The maximum Gasteiger partial charge on any atom is 0.416 e. The van der Waals surface area contributed by atoms with Crippen molar-refractivity contribution in [3.05, 3.63) is 128 Å². The summed E-state index contributed by atoms with van der Waals surface area (Å²) in [7, 11) is 0. The van der Waals surface area contributed by atoms with Crippen molar-refractivity contribution in [2.24, 2.45) is 0 Å². The minimum absolute atomic E-state index is 0.000589. The van der Waals surface area contributed by atoms with E-state index in [4.69, 9.17) is 0 Å². The first-order chi connectivity index (χ1) is 25.3. The van der Waals surface area contributed by atoms with Crippen molar-refractivity contribution in [1.82, 2.24) is 39.1 Å². The van der Waals surface area contributed by atoms with Crippen LogP contribution in [0, 0.1) is 6.92 Å². The first-order valence-corrected chi connectivity index (χ1v) is 17.4. The fraction of sp³-hybridized carbons (Fsp3) is 0.243. The van der Waals surface area contributed by atoms with Gasteiger partial charge in [-0.05, 0) is 67.4 Å². The zero-order valence-corrected chi connectivity index (χ0v) is 30.0. The van der Waals surface area contributed by atoms with E-state index >= 15 is 0 Å². The highest BCUT2D eigenvalue weighted by Gasteiger charge is 2.39. The molecule has 0 saturated heterocycles. The highest BCUT2D eigenvalue weighted by Crippen LogP contribution is 2.28. The lowest BCUT2D eigenvalue weighted by Gasteiger charge is -2.34. The lowest BCUT2D eigenvalue weighted by molar-refractivity contribution is -0.207. The Bertz CT molecular complexity index is 2420. The van der Waals surface area contributed by atoms with E-state index < -0.39 is 36.5 Å². The summed E-state index contributed by atoms with van der Waals surface area (Å²) in [6.45, 7) is 2.99. The molecule has 53 heavy (non-hydrogen) atoms. The number of aliphatic hydroxyl groups excluding tert-OH is 1. The minimum atomic E-state index is -4.83. The van der Waals surface area contributed by atoms with Crippen molar-refractivity contribution < 1.29 is 27.9 Å². The maximum atomic E-state index is 14.4. The summed E-state index contributed by atoms with van der Waals surface area (Å²) in [4.78, 5) is 52.8. The molecule has 0 fully saturated rings. The number of carbonyl (C=O) groups excluding carboxylic acids is 2. The highest BCUT2D eigenvalue weighted by molar-refractivity contribution is 9.10. The summed E-state index contributed by atoms with van der Waals surface area (Å²) >= 11 is 3.47. The van der Waals surface area contributed by atoms with E-state index in [1.54, 1.807) is 53.7 Å². The quantitative estimate of drug-likeness (QED) is 0.210. The molecule has 1 aliphatic heterocycles. The number of halogens is 4. The van der Waals surface area contributed by atoms with Crippen LogP contribution in [0.25, 0.3) is 28.0 Å². The molecule has 1 aliphatic rings. The molecule has 6 aromatic rings. The molecular weight excluding hydrogens is 757 g/mol. The third-order valence-corrected chi connectivity index (χ3v) is 10.1. The lowest BCUT2D eigenvalue weighted by atomic mass is 10.1. The normalized spacial score (nSPS) is 15.0. The number of rotatable bonds is 8. The number of aromatic nitrogens is 6. The molecule has 3 aromatic carbocycles. The van der Waals surface area contributed by atoms with E-state index in [0.29, 0.717) is 33.5 Å².